The average molecular weight is 453 g/mol. The van der Waals surface area contributed by atoms with E-state index in [0.717, 1.165) is 30.8 Å². The van der Waals surface area contributed by atoms with Crippen LogP contribution in [0.4, 0.5) is 5.69 Å². The molecule has 0 aromatic heterocycles. The van der Waals surface area contributed by atoms with E-state index >= 15 is 0 Å². The number of ether oxygens (including phenoxy) is 1. The zero-order chi connectivity index (χ0) is 23.0. The van der Waals surface area contributed by atoms with Crippen LogP contribution in [0.5, 0.6) is 5.75 Å². The Balaban J connectivity index is 1.81. The molecule has 2 aliphatic rings. The molecule has 0 N–H and O–H groups in total. The number of imide groups is 1. The molecule has 2 amide bonds. The summed E-state index contributed by atoms with van der Waals surface area (Å²) in [6.07, 6.45) is 1.11. The summed E-state index contributed by atoms with van der Waals surface area (Å²) in [6.45, 7) is 10.3. The molecule has 2 heterocycles. The number of carbonyl (C=O) groups is 2. The SMILES string of the molecule is CCOc1ccc(C2=C(N3CC(C)CC(C)C3)C(=O)N(c3ccc(C)c(Cl)c3)C2=O)cc1. The van der Waals surface area contributed by atoms with E-state index in [2.05, 4.69) is 18.7 Å². The Morgan fingerprint density at radius 1 is 1.00 bits per heavy atom. The van der Waals surface area contributed by atoms with Crippen molar-refractivity contribution in [1.82, 2.24) is 4.90 Å². The first kappa shape index (κ1) is 22.4. The molecule has 2 aromatic rings. The van der Waals surface area contributed by atoms with Gasteiger partial charge in [-0.1, -0.05) is 43.6 Å². The third kappa shape index (κ3) is 4.14. The van der Waals surface area contributed by atoms with Crippen LogP contribution in [0.25, 0.3) is 5.57 Å². The number of carbonyl (C=O) groups excluding carboxylic acids is 2. The highest BCUT2D eigenvalue weighted by Gasteiger charge is 2.43. The fraction of sp³-hybridized carbons (Fsp3) is 0.385. The van der Waals surface area contributed by atoms with E-state index in [-0.39, 0.29) is 11.8 Å². The van der Waals surface area contributed by atoms with Gasteiger partial charge in [0.05, 0.1) is 17.9 Å². The van der Waals surface area contributed by atoms with Crippen molar-refractivity contribution in [2.24, 2.45) is 11.8 Å². The number of benzene rings is 2. The molecule has 0 radical (unpaired) electrons. The van der Waals surface area contributed by atoms with Crippen molar-refractivity contribution in [2.75, 3.05) is 24.6 Å². The van der Waals surface area contributed by atoms with Gasteiger partial charge < -0.3 is 9.64 Å². The van der Waals surface area contributed by atoms with Crippen molar-refractivity contribution >= 4 is 34.7 Å². The molecule has 5 nitrogen and oxygen atoms in total. The van der Waals surface area contributed by atoms with Crippen LogP contribution in [0.1, 0.15) is 38.3 Å². The lowest BCUT2D eigenvalue weighted by atomic mass is 9.91. The van der Waals surface area contributed by atoms with Crippen LogP contribution in [0.15, 0.2) is 48.2 Å². The quantitative estimate of drug-likeness (QED) is 0.577. The van der Waals surface area contributed by atoms with Gasteiger partial charge >= 0.3 is 0 Å². The second-order valence-electron chi connectivity index (χ2n) is 8.91. The van der Waals surface area contributed by atoms with Crippen molar-refractivity contribution < 1.29 is 14.3 Å². The maximum Gasteiger partial charge on any atom is 0.282 e. The van der Waals surface area contributed by atoms with Gasteiger partial charge in [0.15, 0.2) is 0 Å². The van der Waals surface area contributed by atoms with E-state index in [4.69, 9.17) is 16.3 Å². The highest BCUT2D eigenvalue weighted by atomic mass is 35.5. The Morgan fingerprint density at radius 2 is 1.66 bits per heavy atom. The third-order valence-corrected chi connectivity index (χ3v) is 6.52. The number of hydrogen-bond acceptors (Lipinski definition) is 4. The van der Waals surface area contributed by atoms with Crippen LogP contribution < -0.4 is 9.64 Å². The van der Waals surface area contributed by atoms with Gasteiger partial charge in [-0.2, -0.15) is 0 Å². The summed E-state index contributed by atoms with van der Waals surface area (Å²) in [7, 11) is 0. The monoisotopic (exact) mass is 452 g/mol. The molecule has 1 saturated heterocycles. The van der Waals surface area contributed by atoms with Crippen LogP contribution in [0.2, 0.25) is 5.02 Å². The van der Waals surface area contributed by atoms with Gasteiger partial charge in [0.25, 0.3) is 11.8 Å². The number of hydrogen-bond donors (Lipinski definition) is 0. The summed E-state index contributed by atoms with van der Waals surface area (Å²) in [5.41, 5.74) is 3.03. The van der Waals surface area contributed by atoms with E-state index in [9.17, 15) is 9.59 Å². The van der Waals surface area contributed by atoms with Crippen molar-refractivity contribution in [3.63, 3.8) is 0 Å². The van der Waals surface area contributed by atoms with E-state index in [1.807, 2.05) is 44.2 Å². The number of piperidine rings is 1. The molecule has 2 aliphatic heterocycles. The lowest BCUT2D eigenvalue weighted by molar-refractivity contribution is -0.120. The summed E-state index contributed by atoms with van der Waals surface area (Å²) < 4.78 is 5.55. The highest BCUT2D eigenvalue weighted by Crippen LogP contribution is 2.38. The predicted octanol–water partition coefficient (Wildman–Crippen LogP) is 5.31. The van der Waals surface area contributed by atoms with Crippen molar-refractivity contribution in [3.05, 3.63) is 64.3 Å². The van der Waals surface area contributed by atoms with Crippen molar-refractivity contribution in [2.45, 2.75) is 34.1 Å². The summed E-state index contributed by atoms with van der Waals surface area (Å²) in [6, 6.07) is 12.7. The van der Waals surface area contributed by atoms with Crippen LogP contribution in [0.3, 0.4) is 0 Å². The molecule has 0 saturated carbocycles. The number of halogens is 1. The maximum absolute atomic E-state index is 13.7. The summed E-state index contributed by atoms with van der Waals surface area (Å²) in [5, 5.41) is 0.527. The van der Waals surface area contributed by atoms with Gasteiger partial charge in [0.1, 0.15) is 11.4 Å². The van der Waals surface area contributed by atoms with Crippen LogP contribution in [0, 0.1) is 18.8 Å². The Bertz CT molecular complexity index is 1070. The Morgan fingerprint density at radius 3 is 2.25 bits per heavy atom. The number of nitrogens with zero attached hydrogens (tertiary/aromatic N) is 2. The summed E-state index contributed by atoms with van der Waals surface area (Å²) >= 11 is 6.32. The van der Waals surface area contributed by atoms with Crippen molar-refractivity contribution in [1.29, 1.82) is 0 Å². The largest absolute Gasteiger partial charge is 0.494 e. The van der Waals surface area contributed by atoms with Gasteiger partial charge in [-0.3, -0.25) is 9.59 Å². The molecule has 2 unspecified atom stereocenters. The Kier molecular flexibility index (Phi) is 6.29. The van der Waals surface area contributed by atoms with Gasteiger partial charge in [0.2, 0.25) is 0 Å². The molecule has 168 valence electrons. The van der Waals surface area contributed by atoms with Gasteiger partial charge in [-0.05, 0) is 67.5 Å². The van der Waals surface area contributed by atoms with Crippen molar-refractivity contribution in [3.8, 4) is 5.75 Å². The molecule has 6 heteroatoms. The average Bonchev–Trinajstić information content (AvgIpc) is 3.00. The number of likely N-dealkylation sites (tertiary alicyclic amines) is 1. The normalized spacial score (nSPS) is 21.5. The minimum Gasteiger partial charge on any atom is -0.494 e. The zero-order valence-electron chi connectivity index (χ0n) is 19.0. The zero-order valence-corrected chi connectivity index (χ0v) is 19.8. The smallest absolute Gasteiger partial charge is 0.282 e. The second-order valence-corrected chi connectivity index (χ2v) is 9.32. The molecule has 1 fully saturated rings. The molecule has 4 rings (SSSR count). The molecular formula is C26H29ClN2O3. The number of rotatable bonds is 5. The number of anilines is 1. The lowest BCUT2D eigenvalue weighted by Gasteiger charge is -2.37. The van der Waals surface area contributed by atoms with Crippen LogP contribution in [-0.4, -0.2) is 36.4 Å². The topological polar surface area (TPSA) is 49.9 Å². The minimum atomic E-state index is -0.319. The first-order valence-electron chi connectivity index (χ1n) is 11.2. The van der Waals surface area contributed by atoms with Gasteiger partial charge in [-0.25, -0.2) is 4.90 Å². The Labute approximate surface area is 194 Å². The summed E-state index contributed by atoms with van der Waals surface area (Å²) in [4.78, 5) is 30.8. The van der Waals surface area contributed by atoms with E-state index in [0.29, 0.717) is 46.0 Å². The number of aryl methyl sites for hydroxylation is 1. The fourth-order valence-electron chi connectivity index (χ4n) is 4.76. The minimum absolute atomic E-state index is 0.292. The standard InChI is InChI=1S/C26H29ClN2O3/c1-5-32-21-10-7-19(8-11-21)23-24(28-14-16(2)12-17(3)15-28)26(31)29(25(23)30)20-9-6-18(4)22(27)13-20/h6-11,13,16-17H,5,12,14-15H2,1-4H3. The second kappa shape index (κ2) is 8.99. The lowest BCUT2D eigenvalue weighted by Crippen LogP contribution is -2.42. The van der Waals surface area contributed by atoms with E-state index in [1.165, 1.54) is 4.90 Å². The van der Waals surface area contributed by atoms with E-state index in [1.54, 1.807) is 12.1 Å². The van der Waals surface area contributed by atoms with Gasteiger partial charge in [-0.15, -0.1) is 0 Å². The Hall–Kier alpha value is -2.79. The first-order chi connectivity index (χ1) is 15.3. The molecule has 32 heavy (non-hydrogen) atoms. The molecular weight excluding hydrogens is 424 g/mol. The van der Waals surface area contributed by atoms with Crippen LogP contribution in [-0.2, 0) is 9.59 Å². The summed E-state index contributed by atoms with van der Waals surface area (Å²) in [5.74, 6) is 1.01. The molecule has 0 bridgehead atoms. The van der Waals surface area contributed by atoms with E-state index < -0.39 is 0 Å². The molecule has 2 aromatic carbocycles. The van der Waals surface area contributed by atoms with Gasteiger partial charge in [0, 0.05) is 18.1 Å². The third-order valence-electron chi connectivity index (χ3n) is 6.11. The first-order valence-corrected chi connectivity index (χ1v) is 11.5. The molecule has 0 aliphatic carbocycles. The number of amides is 2. The van der Waals surface area contributed by atoms with Crippen LogP contribution >= 0.6 is 11.6 Å². The fourth-order valence-corrected chi connectivity index (χ4v) is 4.93. The predicted molar refractivity (Wildman–Crippen MR) is 128 cm³/mol. The molecule has 0 spiro atoms. The molecule has 2 atom stereocenters. The highest BCUT2D eigenvalue weighted by molar-refractivity contribution is 6.45. The maximum atomic E-state index is 13.7.